The molecule has 0 aromatic carbocycles. The third-order valence-corrected chi connectivity index (χ3v) is 6.45. The molecule has 0 radical (unpaired) electrons. The van der Waals surface area contributed by atoms with Crippen LogP contribution < -0.4 is 5.32 Å². The van der Waals surface area contributed by atoms with Crippen molar-refractivity contribution in [3.63, 3.8) is 0 Å². The lowest BCUT2D eigenvalue weighted by Crippen LogP contribution is -2.72. The summed E-state index contributed by atoms with van der Waals surface area (Å²) in [5.74, 6) is -6.70. The largest absolute Gasteiger partial charge is 0.465 e. The Hall–Kier alpha value is -3.30. The number of carbonyl (C=O) groups is 6. The van der Waals surface area contributed by atoms with Crippen LogP contribution in [0.4, 0.5) is 0 Å². The lowest BCUT2D eigenvalue weighted by molar-refractivity contribution is -0.293. The lowest BCUT2D eigenvalue weighted by Gasteiger charge is -2.51. The van der Waals surface area contributed by atoms with Crippen molar-refractivity contribution >= 4 is 35.7 Å². The van der Waals surface area contributed by atoms with Crippen LogP contribution in [0.25, 0.3) is 0 Å². The third kappa shape index (κ3) is 8.60. The van der Waals surface area contributed by atoms with Gasteiger partial charge < -0.3 is 39.0 Å². The molecule has 2 fully saturated rings. The Kier molecular flexibility index (Phi) is 11.2. The number of methoxy groups -OCH3 is 1. The highest BCUT2D eigenvalue weighted by Gasteiger charge is 2.57. The Morgan fingerprint density at radius 1 is 0.949 bits per heavy atom. The zero-order valence-electron chi connectivity index (χ0n) is 23.0. The Bertz CT molecular complexity index is 951. The van der Waals surface area contributed by atoms with Crippen molar-refractivity contribution in [3.05, 3.63) is 0 Å². The Balaban J connectivity index is 2.61. The van der Waals surface area contributed by atoms with Crippen LogP contribution >= 0.6 is 0 Å². The van der Waals surface area contributed by atoms with Gasteiger partial charge in [0.15, 0.2) is 12.2 Å². The molecule has 0 bridgehead atoms. The van der Waals surface area contributed by atoms with Gasteiger partial charge in [-0.3, -0.25) is 28.9 Å². The first kappa shape index (κ1) is 31.9. The van der Waals surface area contributed by atoms with Gasteiger partial charge in [-0.1, -0.05) is 0 Å². The maximum atomic E-state index is 12.7. The van der Waals surface area contributed by atoms with Gasteiger partial charge in [0, 0.05) is 73.3 Å². The van der Waals surface area contributed by atoms with Crippen LogP contribution in [0.3, 0.4) is 0 Å². The highest BCUT2D eigenvalue weighted by atomic mass is 16.7. The molecule has 2 rings (SSSR count). The standard InChI is InChI=1S/C24H37N3O12/c1-13(28)25-20-18(27-9-7-26(8-10-27)14(2)29)11-24(34,23(33)35-6)39-22(20)21(38-17(5)32)19(37-16(4)31)12-36-15(3)30/h18-22,34H,7-12H2,1-6H3,(H,25,28)/t18-,19+,20+,21+,22+,24+/m0/s1. The summed E-state index contributed by atoms with van der Waals surface area (Å²) in [7, 11) is 1.05. The van der Waals surface area contributed by atoms with Crippen molar-refractivity contribution < 1.29 is 57.6 Å². The number of carbonyl (C=O) groups excluding carboxylic acids is 6. The monoisotopic (exact) mass is 559 g/mol. The molecule has 0 saturated carbocycles. The van der Waals surface area contributed by atoms with Crippen LogP contribution in [0.15, 0.2) is 0 Å². The van der Waals surface area contributed by atoms with E-state index in [0.29, 0.717) is 26.2 Å². The van der Waals surface area contributed by atoms with Crippen molar-refractivity contribution in [3.8, 4) is 0 Å². The first-order valence-electron chi connectivity index (χ1n) is 12.4. The molecule has 15 nitrogen and oxygen atoms in total. The molecule has 0 aliphatic carbocycles. The predicted octanol–water partition coefficient (Wildman–Crippen LogP) is -1.90. The summed E-state index contributed by atoms with van der Waals surface area (Å²) in [6.45, 7) is 6.74. The molecule has 2 aliphatic heterocycles. The number of aliphatic hydroxyl groups is 1. The molecule has 0 unspecified atom stereocenters. The average molecular weight is 560 g/mol. The van der Waals surface area contributed by atoms with Gasteiger partial charge >= 0.3 is 23.9 Å². The van der Waals surface area contributed by atoms with E-state index in [4.69, 9.17) is 23.7 Å². The second kappa shape index (κ2) is 13.7. The second-order valence-corrected chi connectivity index (χ2v) is 9.42. The fourth-order valence-corrected chi connectivity index (χ4v) is 4.83. The molecule has 2 amide bonds. The first-order valence-corrected chi connectivity index (χ1v) is 12.4. The Labute approximate surface area is 226 Å². The zero-order chi connectivity index (χ0) is 29.5. The zero-order valence-corrected chi connectivity index (χ0v) is 23.0. The predicted molar refractivity (Wildman–Crippen MR) is 129 cm³/mol. The molecule has 15 heteroatoms. The van der Waals surface area contributed by atoms with Crippen molar-refractivity contribution in [2.45, 2.75) is 77.2 Å². The summed E-state index contributed by atoms with van der Waals surface area (Å²) in [4.78, 5) is 76.0. The van der Waals surface area contributed by atoms with Gasteiger partial charge in [-0.05, 0) is 0 Å². The first-order chi connectivity index (χ1) is 18.2. The van der Waals surface area contributed by atoms with Gasteiger partial charge in [0.25, 0.3) is 5.79 Å². The molecule has 39 heavy (non-hydrogen) atoms. The molecule has 0 spiro atoms. The van der Waals surface area contributed by atoms with Gasteiger partial charge in [0.05, 0.1) is 13.2 Å². The van der Waals surface area contributed by atoms with E-state index in [1.807, 2.05) is 4.90 Å². The van der Waals surface area contributed by atoms with Crippen LogP contribution in [0.1, 0.15) is 41.0 Å². The van der Waals surface area contributed by atoms with E-state index in [1.54, 1.807) is 4.90 Å². The van der Waals surface area contributed by atoms with Crippen LogP contribution in [-0.4, -0.2) is 127 Å². The highest BCUT2D eigenvalue weighted by molar-refractivity contribution is 5.78. The van der Waals surface area contributed by atoms with Crippen molar-refractivity contribution in [1.29, 1.82) is 0 Å². The van der Waals surface area contributed by atoms with Crippen LogP contribution in [0, 0.1) is 0 Å². The van der Waals surface area contributed by atoms with E-state index < -0.39 is 72.6 Å². The fourth-order valence-electron chi connectivity index (χ4n) is 4.83. The highest BCUT2D eigenvalue weighted by Crippen LogP contribution is 2.35. The number of piperazine rings is 1. The quantitative estimate of drug-likeness (QED) is 0.236. The molecular weight excluding hydrogens is 522 g/mol. The minimum Gasteiger partial charge on any atom is -0.465 e. The normalized spacial score (nSPS) is 26.9. The van der Waals surface area contributed by atoms with E-state index in [-0.39, 0.29) is 12.3 Å². The fraction of sp³-hybridized carbons (Fsp3) is 0.750. The molecule has 0 aromatic rings. The maximum absolute atomic E-state index is 12.7. The minimum absolute atomic E-state index is 0.117. The number of amides is 2. The molecule has 2 aliphatic rings. The number of ether oxygens (including phenoxy) is 5. The smallest absolute Gasteiger partial charge is 0.366 e. The number of nitrogens with zero attached hydrogens (tertiary/aromatic N) is 2. The van der Waals surface area contributed by atoms with E-state index in [1.165, 1.54) is 13.8 Å². The Morgan fingerprint density at radius 3 is 2.00 bits per heavy atom. The van der Waals surface area contributed by atoms with Crippen molar-refractivity contribution in [1.82, 2.24) is 15.1 Å². The Morgan fingerprint density at radius 2 is 1.54 bits per heavy atom. The molecule has 220 valence electrons. The third-order valence-electron chi connectivity index (χ3n) is 6.45. The van der Waals surface area contributed by atoms with E-state index in [0.717, 1.165) is 27.9 Å². The lowest BCUT2D eigenvalue weighted by atomic mass is 9.85. The van der Waals surface area contributed by atoms with Gasteiger partial charge in [-0.2, -0.15) is 0 Å². The number of nitrogens with one attached hydrogen (secondary N) is 1. The number of hydrogen-bond donors (Lipinski definition) is 2. The minimum atomic E-state index is -2.56. The van der Waals surface area contributed by atoms with Gasteiger partial charge in [0.1, 0.15) is 12.7 Å². The van der Waals surface area contributed by atoms with Crippen molar-refractivity contribution in [2.75, 3.05) is 39.9 Å². The van der Waals surface area contributed by atoms with Crippen LogP contribution in [-0.2, 0) is 52.5 Å². The number of hydrogen-bond acceptors (Lipinski definition) is 13. The summed E-state index contributed by atoms with van der Waals surface area (Å²) in [5, 5.41) is 14.1. The molecule has 2 N–H and O–H groups in total. The SMILES string of the molecule is COC(=O)[C@@]1(O)C[C@H](N2CCN(C(C)=O)CC2)[C@@H](NC(C)=O)[C@H]([C@H](OC(C)=O)[C@@H](COC(C)=O)OC(C)=O)O1. The van der Waals surface area contributed by atoms with Gasteiger partial charge in [-0.15, -0.1) is 0 Å². The molecule has 0 aromatic heterocycles. The van der Waals surface area contributed by atoms with Gasteiger partial charge in [0.2, 0.25) is 11.8 Å². The summed E-state index contributed by atoms with van der Waals surface area (Å²) >= 11 is 0. The number of esters is 4. The van der Waals surface area contributed by atoms with Crippen molar-refractivity contribution in [2.24, 2.45) is 0 Å². The topological polar surface area (TPSA) is 187 Å². The van der Waals surface area contributed by atoms with E-state index in [2.05, 4.69) is 5.32 Å². The molecular formula is C24H37N3O12. The molecule has 2 heterocycles. The summed E-state index contributed by atoms with van der Waals surface area (Å²) in [6, 6.07) is -1.83. The van der Waals surface area contributed by atoms with E-state index >= 15 is 0 Å². The van der Waals surface area contributed by atoms with E-state index in [9.17, 15) is 33.9 Å². The summed E-state index contributed by atoms with van der Waals surface area (Å²) in [6.07, 6.45) is -4.84. The summed E-state index contributed by atoms with van der Waals surface area (Å²) < 4.78 is 26.4. The number of rotatable bonds is 9. The van der Waals surface area contributed by atoms with Crippen LogP contribution in [0.2, 0.25) is 0 Å². The van der Waals surface area contributed by atoms with Crippen LogP contribution in [0.5, 0.6) is 0 Å². The maximum Gasteiger partial charge on any atom is 0.366 e. The average Bonchev–Trinajstić information content (AvgIpc) is 2.85. The molecule has 2 saturated heterocycles. The summed E-state index contributed by atoms with van der Waals surface area (Å²) in [5.41, 5.74) is 0. The van der Waals surface area contributed by atoms with Gasteiger partial charge in [-0.25, -0.2) is 4.79 Å². The second-order valence-electron chi connectivity index (χ2n) is 9.42. The molecule has 6 atom stereocenters.